The Balaban J connectivity index is 1.93. The van der Waals surface area contributed by atoms with Crippen LogP contribution in [0.3, 0.4) is 0 Å². The van der Waals surface area contributed by atoms with Crippen LogP contribution in [0.15, 0.2) is 18.2 Å². The predicted molar refractivity (Wildman–Crippen MR) is 74.5 cm³/mol. The molecule has 0 bridgehead atoms. The van der Waals surface area contributed by atoms with Gasteiger partial charge in [-0.15, -0.1) is 0 Å². The maximum Gasteiger partial charge on any atom is 0.242 e. The van der Waals surface area contributed by atoms with Crippen molar-refractivity contribution >= 4 is 5.91 Å². The van der Waals surface area contributed by atoms with Crippen molar-refractivity contribution in [1.29, 1.82) is 5.26 Å². The fraction of sp³-hybridized carbons (Fsp3) is 0.500. The van der Waals surface area contributed by atoms with Crippen LogP contribution >= 0.6 is 0 Å². The van der Waals surface area contributed by atoms with Gasteiger partial charge in [-0.05, 0) is 49.8 Å². The van der Waals surface area contributed by atoms with Gasteiger partial charge in [-0.1, -0.05) is 18.2 Å². The molecule has 0 atom stereocenters. The lowest BCUT2D eigenvalue weighted by molar-refractivity contribution is -0.133. The van der Waals surface area contributed by atoms with E-state index in [4.69, 9.17) is 5.26 Å². The molecule has 0 aliphatic heterocycles. The van der Waals surface area contributed by atoms with Gasteiger partial charge in [0.05, 0.1) is 6.07 Å². The van der Waals surface area contributed by atoms with Gasteiger partial charge < -0.3 is 4.90 Å². The number of likely N-dealkylation sites (N-methyl/N-ethyl adjacent to an activating group) is 1. The Morgan fingerprint density at radius 3 is 2.58 bits per heavy atom. The van der Waals surface area contributed by atoms with Crippen molar-refractivity contribution in [3.05, 3.63) is 34.9 Å². The van der Waals surface area contributed by atoms with Crippen molar-refractivity contribution in [1.82, 2.24) is 4.90 Å². The number of carbonyl (C=O) groups excluding carboxylic acids is 1. The van der Waals surface area contributed by atoms with Crippen molar-refractivity contribution in [3.63, 3.8) is 0 Å². The van der Waals surface area contributed by atoms with Crippen LogP contribution in [0.25, 0.3) is 0 Å². The largest absolute Gasteiger partial charge is 0.344 e. The minimum Gasteiger partial charge on any atom is -0.344 e. The van der Waals surface area contributed by atoms with Crippen LogP contribution in [0.1, 0.15) is 29.5 Å². The van der Waals surface area contributed by atoms with Gasteiger partial charge in [-0.25, -0.2) is 0 Å². The summed E-state index contributed by atoms with van der Waals surface area (Å²) in [6, 6.07) is 8.55. The minimum atomic E-state index is -0.696. The van der Waals surface area contributed by atoms with Gasteiger partial charge in [0.25, 0.3) is 0 Å². The third-order valence-electron chi connectivity index (χ3n) is 4.03. The fourth-order valence-corrected chi connectivity index (χ4v) is 2.22. The highest BCUT2D eigenvalue weighted by Gasteiger charge is 2.51. The maximum atomic E-state index is 12.1. The van der Waals surface area contributed by atoms with E-state index >= 15 is 0 Å². The third kappa shape index (κ3) is 2.78. The van der Waals surface area contributed by atoms with Crippen molar-refractivity contribution in [2.45, 2.75) is 33.1 Å². The lowest BCUT2D eigenvalue weighted by Gasteiger charge is -2.19. The molecule has 0 aromatic heterocycles. The summed E-state index contributed by atoms with van der Waals surface area (Å²) in [4.78, 5) is 13.8. The van der Waals surface area contributed by atoms with Crippen LogP contribution in [0.2, 0.25) is 0 Å². The first kappa shape index (κ1) is 13.6. The molecule has 0 unspecified atom stereocenters. The van der Waals surface area contributed by atoms with Crippen molar-refractivity contribution < 1.29 is 4.79 Å². The summed E-state index contributed by atoms with van der Waals surface area (Å²) in [7, 11) is 1.79. The van der Waals surface area contributed by atoms with E-state index in [9.17, 15) is 4.79 Å². The summed E-state index contributed by atoms with van der Waals surface area (Å²) in [6.45, 7) is 4.87. The molecule has 1 aromatic carbocycles. The monoisotopic (exact) mass is 256 g/mol. The third-order valence-corrected chi connectivity index (χ3v) is 4.03. The number of amides is 1. The molecule has 0 saturated heterocycles. The first-order valence-corrected chi connectivity index (χ1v) is 6.71. The zero-order chi connectivity index (χ0) is 14.0. The average molecular weight is 256 g/mol. The second-order valence-corrected chi connectivity index (χ2v) is 5.59. The van der Waals surface area contributed by atoms with E-state index in [0.717, 1.165) is 19.3 Å². The molecule has 2 rings (SSSR count). The smallest absolute Gasteiger partial charge is 0.242 e. The number of nitriles is 1. The first-order valence-electron chi connectivity index (χ1n) is 6.71. The average Bonchev–Trinajstić information content (AvgIpc) is 3.20. The Labute approximate surface area is 114 Å². The number of carbonyl (C=O) groups is 1. The Bertz CT molecular complexity index is 538. The normalized spacial score (nSPS) is 15.7. The quantitative estimate of drug-likeness (QED) is 0.831. The molecule has 1 fully saturated rings. The van der Waals surface area contributed by atoms with Gasteiger partial charge in [-0.3, -0.25) is 4.79 Å². The molecule has 1 aromatic rings. The standard InChI is InChI=1S/C16H20N2O/c1-12-4-5-14(10-13(12)2)6-9-18(3)15(19)16(11-17)7-8-16/h4-5,10H,6-9H2,1-3H3. The summed E-state index contributed by atoms with van der Waals surface area (Å²) in [5.41, 5.74) is 3.11. The molecule has 1 aliphatic carbocycles. The second kappa shape index (κ2) is 5.05. The molecule has 1 saturated carbocycles. The fourth-order valence-electron chi connectivity index (χ4n) is 2.22. The highest BCUT2D eigenvalue weighted by Crippen LogP contribution is 2.46. The van der Waals surface area contributed by atoms with E-state index in [2.05, 4.69) is 38.1 Å². The van der Waals surface area contributed by atoms with Crippen molar-refractivity contribution in [3.8, 4) is 6.07 Å². The lowest BCUT2D eigenvalue weighted by atomic mass is 10.0. The molecule has 0 spiro atoms. The number of benzene rings is 1. The summed E-state index contributed by atoms with van der Waals surface area (Å²) in [5, 5.41) is 9.03. The Hall–Kier alpha value is -1.82. The lowest BCUT2D eigenvalue weighted by Crippen LogP contribution is -2.34. The number of hydrogen-bond acceptors (Lipinski definition) is 2. The van der Waals surface area contributed by atoms with Gasteiger partial charge in [-0.2, -0.15) is 5.26 Å². The van der Waals surface area contributed by atoms with E-state index in [1.54, 1.807) is 11.9 Å². The van der Waals surface area contributed by atoms with Crippen LogP contribution in [0.4, 0.5) is 0 Å². The van der Waals surface area contributed by atoms with E-state index in [1.165, 1.54) is 16.7 Å². The number of rotatable bonds is 4. The topological polar surface area (TPSA) is 44.1 Å². The summed E-state index contributed by atoms with van der Waals surface area (Å²) >= 11 is 0. The molecule has 1 aliphatic rings. The summed E-state index contributed by atoms with van der Waals surface area (Å²) in [5.74, 6) is -0.0150. The summed E-state index contributed by atoms with van der Waals surface area (Å²) < 4.78 is 0. The Morgan fingerprint density at radius 1 is 1.37 bits per heavy atom. The van der Waals surface area contributed by atoms with Crippen molar-refractivity contribution in [2.24, 2.45) is 5.41 Å². The predicted octanol–water partition coefficient (Wildman–Crippen LogP) is 2.61. The van der Waals surface area contributed by atoms with E-state index < -0.39 is 5.41 Å². The van der Waals surface area contributed by atoms with Gasteiger partial charge in [0.2, 0.25) is 5.91 Å². The second-order valence-electron chi connectivity index (χ2n) is 5.59. The van der Waals surface area contributed by atoms with Gasteiger partial charge in [0.1, 0.15) is 5.41 Å². The molecular weight excluding hydrogens is 236 g/mol. The van der Waals surface area contributed by atoms with Crippen LogP contribution in [0, 0.1) is 30.6 Å². The molecule has 100 valence electrons. The van der Waals surface area contributed by atoms with E-state index in [0.29, 0.717) is 6.54 Å². The molecule has 19 heavy (non-hydrogen) atoms. The molecule has 0 N–H and O–H groups in total. The number of hydrogen-bond donors (Lipinski definition) is 0. The molecule has 0 heterocycles. The van der Waals surface area contributed by atoms with Crippen LogP contribution in [-0.4, -0.2) is 24.4 Å². The summed E-state index contributed by atoms with van der Waals surface area (Å²) in [6.07, 6.45) is 2.28. The maximum absolute atomic E-state index is 12.1. The van der Waals surface area contributed by atoms with Gasteiger partial charge in [0, 0.05) is 13.6 Å². The Morgan fingerprint density at radius 2 is 2.05 bits per heavy atom. The highest BCUT2D eigenvalue weighted by atomic mass is 16.2. The number of aryl methyl sites for hydroxylation is 2. The highest BCUT2D eigenvalue weighted by molar-refractivity contribution is 5.88. The van der Waals surface area contributed by atoms with Gasteiger partial charge >= 0.3 is 0 Å². The molecule has 3 heteroatoms. The van der Waals surface area contributed by atoms with Gasteiger partial charge in [0.15, 0.2) is 0 Å². The van der Waals surface area contributed by atoms with Crippen molar-refractivity contribution in [2.75, 3.05) is 13.6 Å². The first-order chi connectivity index (χ1) is 8.98. The van der Waals surface area contributed by atoms with Crippen LogP contribution in [-0.2, 0) is 11.2 Å². The Kier molecular flexibility index (Phi) is 3.61. The van der Waals surface area contributed by atoms with Crippen LogP contribution < -0.4 is 0 Å². The van der Waals surface area contributed by atoms with E-state index in [1.807, 2.05) is 0 Å². The zero-order valence-electron chi connectivity index (χ0n) is 11.9. The SMILES string of the molecule is Cc1ccc(CCN(C)C(=O)C2(C#N)CC2)cc1C. The molecular formula is C16H20N2O. The minimum absolute atomic E-state index is 0.0150. The van der Waals surface area contributed by atoms with E-state index in [-0.39, 0.29) is 5.91 Å². The molecule has 3 nitrogen and oxygen atoms in total. The molecule has 1 amide bonds. The number of nitrogens with zero attached hydrogens (tertiary/aromatic N) is 2. The zero-order valence-corrected chi connectivity index (χ0v) is 11.9. The van der Waals surface area contributed by atoms with Crippen LogP contribution in [0.5, 0.6) is 0 Å². The molecule has 0 radical (unpaired) electrons.